The van der Waals surface area contributed by atoms with Crippen molar-refractivity contribution in [2.45, 2.75) is 19.3 Å². The zero-order valence-corrected chi connectivity index (χ0v) is 15.0. The van der Waals surface area contributed by atoms with Gasteiger partial charge >= 0.3 is 6.03 Å². The van der Waals surface area contributed by atoms with E-state index in [4.69, 9.17) is 4.74 Å². The van der Waals surface area contributed by atoms with Crippen LogP contribution in [0, 0.1) is 11.8 Å². The van der Waals surface area contributed by atoms with Crippen molar-refractivity contribution in [2.75, 3.05) is 51.3 Å². The quantitative estimate of drug-likeness (QED) is 0.854. The van der Waals surface area contributed by atoms with E-state index in [1.807, 2.05) is 17.0 Å². The maximum Gasteiger partial charge on any atom is 0.317 e. The molecule has 25 heavy (non-hydrogen) atoms. The molecule has 0 aromatic heterocycles. The fraction of sp³-hybridized carbons (Fsp3) is 0.632. The molecule has 6 heteroatoms. The van der Waals surface area contributed by atoms with E-state index < -0.39 is 0 Å². The standard InChI is InChI=1S/C19H29N3O3/c1-25-18-6-2-5-17(10-18)21-9-7-15(12-21)11-20-19(24)22-8-3-4-16(13-22)14-23/h2,5-6,10,15-16,23H,3-4,7-9,11-14H2,1H3,(H,20,24)/t15-,16+/m1/s1. The number of nitrogens with one attached hydrogen (secondary N) is 1. The van der Waals surface area contributed by atoms with Crippen LogP contribution in [0.4, 0.5) is 10.5 Å². The van der Waals surface area contributed by atoms with Crippen molar-refractivity contribution in [3.05, 3.63) is 24.3 Å². The molecule has 2 saturated heterocycles. The van der Waals surface area contributed by atoms with Crippen molar-refractivity contribution in [3.63, 3.8) is 0 Å². The van der Waals surface area contributed by atoms with Crippen LogP contribution in [0.1, 0.15) is 19.3 Å². The smallest absolute Gasteiger partial charge is 0.317 e. The summed E-state index contributed by atoms with van der Waals surface area (Å²) in [6.07, 6.45) is 3.07. The van der Waals surface area contributed by atoms with Crippen LogP contribution in [0.3, 0.4) is 0 Å². The number of benzene rings is 1. The number of methoxy groups -OCH3 is 1. The molecule has 2 fully saturated rings. The minimum atomic E-state index is 0.0120. The number of anilines is 1. The Balaban J connectivity index is 1.46. The summed E-state index contributed by atoms with van der Waals surface area (Å²) in [7, 11) is 1.68. The molecule has 138 valence electrons. The molecule has 1 aromatic rings. The number of ether oxygens (including phenoxy) is 1. The summed E-state index contributed by atoms with van der Waals surface area (Å²) >= 11 is 0. The molecule has 0 bridgehead atoms. The average Bonchev–Trinajstić information content (AvgIpc) is 3.15. The molecule has 2 N–H and O–H groups in total. The number of carbonyl (C=O) groups excluding carboxylic acids is 1. The highest BCUT2D eigenvalue weighted by Crippen LogP contribution is 2.26. The Kier molecular flexibility index (Phi) is 6.02. The SMILES string of the molecule is COc1cccc(N2CC[C@H](CNC(=O)N3CCC[C@H](CO)C3)C2)c1. The van der Waals surface area contributed by atoms with Gasteiger partial charge in [0.15, 0.2) is 0 Å². The Morgan fingerprint density at radius 3 is 2.96 bits per heavy atom. The molecule has 0 aliphatic carbocycles. The third kappa shape index (κ3) is 4.57. The summed E-state index contributed by atoms with van der Waals surface area (Å²) in [4.78, 5) is 16.6. The molecule has 2 heterocycles. The lowest BCUT2D eigenvalue weighted by atomic mass is 9.99. The number of aliphatic hydroxyl groups excluding tert-OH is 1. The van der Waals surface area contributed by atoms with Crippen molar-refractivity contribution < 1.29 is 14.6 Å². The first-order chi connectivity index (χ1) is 12.2. The minimum absolute atomic E-state index is 0.0120. The van der Waals surface area contributed by atoms with Gasteiger partial charge in [0.1, 0.15) is 5.75 Å². The fourth-order valence-corrected chi connectivity index (χ4v) is 3.78. The van der Waals surface area contributed by atoms with E-state index in [2.05, 4.69) is 22.3 Å². The normalized spacial score (nSPS) is 23.6. The van der Waals surface area contributed by atoms with Crippen LogP contribution >= 0.6 is 0 Å². The largest absolute Gasteiger partial charge is 0.497 e. The zero-order valence-electron chi connectivity index (χ0n) is 15.0. The van der Waals surface area contributed by atoms with Gasteiger partial charge in [-0.1, -0.05) is 6.07 Å². The van der Waals surface area contributed by atoms with Crippen LogP contribution in [0.5, 0.6) is 5.75 Å². The number of hydrogen-bond donors (Lipinski definition) is 2. The van der Waals surface area contributed by atoms with E-state index in [9.17, 15) is 9.90 Å². The highest BCUT2D eigenvalue weighted by molar-refractivity contribution is 5.74. The Morgan fingerprint density at radius 2 is 2.16 bits per heavy atom. The van der Waals surface area contributed by atoms with Crippen LogP contribution in [0.25, 0.3) is 0 Å². The second-order valence-corrected chi connectivity index (χ2v) is 7.13. The lowest BCUT2D eigenvalue weighted by Crippen LogP contribution is -2.47. The predicted octanol–water partition coefficient (Wildman–Crippen LogP) is 1.94. The molecule has 1 aromatic carbocycles. The van der Waals surface area contributed by atoms with Gasteiger partial charge in [0.25, 0.3) is 0 Å². The molecule has 2 aliphatic rings. The van der Waals surface area contributed by atoms with E-state index in [1.165, 1.54) is 5.69 Å². The molecule has 0 spiro atoms. The van der Waals surface area contributed by atoms with Crippen molar-refractivity contribution >= 4 is 11.7 Å². The van der Waals surface area contributed by atoms with Gasteiger partial charge in [-0.3, -0.25) is 0 Å². The van der Waals surface area contributed by atoms with Crippen LogP contribution in [0.2, 0.25) is 0 Å². The molecule has 3 rings (SSSR count). The van der Waals surface area contributed by atoms with Crippen LogP contribution in [-0.2, 0) is 0 Å². The number of carbonyl (C=O) groups is 1. The predicted molar refractivity (Wildman–Crippen MR) is 98.1 cm³/mol. The third-order valence-electron chi connectivity index (χ3n) is 5.31. The summed E-state index contributed by atoms with van der Waals surface area (Å²) in [6.45, 7) is 4.30. The number of likely N-dealkylation sites (tertiary alicyclic amines) is 1. The number of hydrogen-bond acceptors (Lipinski definition) is 4. The van der Waals surface area contributed by atoms with Crippen molar-refractivity contribution in [1.29, 1.82) is 0 Å². The monoisotopic (exact) mass is 347 g/mol. The lowest BCUT2D eigenvalue weighted by molar-refractivity contribution is 0.129. The number of nitrogens with zero attached hydrogens (tertiary/aromatic N) is 2. The fourth-order valence-electron chi connectivity index (χ4n) is 3.78. The Labute approximate surface area is 149 Å². The van der Waals surface area contributed by atoms with Crippen molar-refractivity contribution in [3.8, 4) is 5.75 Å². The van der Waals surface area contributed by atoms with E-state index in [1.54, 1.807) is 7.11 Å². The maximum atomic E-state index is 12.4. The number of aliphatic hydroxyl groups is 1. The second-order valence-electron chi connectivity index (χ2n) is 7.13. The van der Waals surface area contributed by atoms with E-state index in [0.29, 0.717) is 19.0 Å². The Hall–Kier alpha value is -1.95. The summed E-state index contributed by atoms with van der Waals surface area (Å²) in [6, 6.07) is 8.14. The molecule has 0 saturated carbocycles. The third-order valence-corrected chi connectivity index (χ3v) is 5.31. The van der Waals surface area contributed by atoms with E-state index in [-0.39, 0.29) is 18.6 Å². The summed E-state index contributed by atoms with van der Waals surface area (Å²) in [5.74, 6) is 1.57. The van der Waals surface area contributed by atoms with Crippen LogP contribution in [0.15, 0.2) is 24.3 Å². The maximum absolute atomic E-state index is 12.4. The molecule has 2 aliphatic heterocycles. The molecular formula is C19H29N3O3. The zero-order chi connectivity index (χ0) is 17.6. The first kappa shape index (κ1) is 17.9. The van der Waals surface area contributed by atoms with Gasteiger partial charge in [-0.05, 0) is 43.2 Å². The van der Waals surface area contributed by atoms with Gasteiger partial charge in [0.2, 0.25) is 0 Å². The Morgan fingerprint density at radius 1 is 1.28 bits per heavy atom. The van der Waals surface area contributed by atoms with Crippen molar-refractivity contribution in [2.24, 2.45) is 11.8 Å². The van der Waals surface area contributed by atoms with Gasteiger partial charge in [-0.15, -0.1) is 0 Å². The molecule has 0 unspecified atom stereocenters. The second kappa shape index (κ2) is 8.43. The van der Waals surface area contributed by atoms with Crippen LogP contribution < -0.4 is 15.0 Å². The molecule has 6 nitrogen and oxygen atoms in total. The van der Waals surface area contributed by atoms with Crippen molar-refractivity contribution in [1.82, 2.24) is 10.2 Å². The minimum Gasteiger partial charge on any atom is -0.497 e. The van der Waals surface area contributed by atoms with Gasteiger partial charge in [0.05, 0.1) is 7.11 Å². The number of urea groups is 1. The molecule has 0 radical (unpaired) electrons. The summed E-state index contributed by atoms with van der Waals surface area (Å²) < 4.78 is 5.30. The topological polar surface area (TPSA) is 65.0 Å². The lowest BCUT2D eigenvalue weighted by Gasteiger charge is -2.32. The van der Waals surface area contributed by atoms with Gasteiger partial charge in [-0.2, -0.15) is 0 Å². The number of piperidine rings is 1. The van der Waals surface area contributed by atoms with E-state index in [0.717, 1.165) is 44.6 Å². The summed E-state index contributed by atoms with van der Waals surface area (Å²) in [5.41, 5.74) is 1.18. The first-order valence-corrected chi connectivity index (χ1v) is 9.22. The van der Waals surface area contributed by atoms with Gasteiger partial charge < -0.3 is 25.0 Å². The number of rotatable bonds is 5. The number of amides is 2. The molecular weight excluding hydrogens is 318 g/mol. The Bertz CT molecular complexity index is 581. The van der Waals surface area contributed by atoms with Gasteiger partial charge in [0, 0.05) is 51.1 Å². The summed E-state index contributed by atoms with van der Waals surface area (Å²) in [5, 5.41) is 12.4. The van der Waals surface area contributed by atoms with E-state index >= 15 is 0 Å². The highest BCUT2D eigenvalue weighted by Gasteiger charge is 2.26. The highest BCUT2D eigenvalue weighted by atomic mass is 16.5. The molecule has 2 amide bonds. The average molecular weight is 347 g/mol. The molecule has 2 atom stereocenters. The van der Waals surface area contributed by atoms with Gasteiger partial charge in [-0.25, -0.2) is 4.79 Å². The first-order valence-electron chi connectivity index (χ1n) is 9.22. The van der Waals surface area contributed by atoms with Crippen LogP contribution in [-0.4, -0.2) is 62.5 Å².